The summed E-state index contributed by atoms with van der Waals surface area (Å²) in [5, 5.41) is 5.54. The van der Waals surface area contributed by atoms with Crippen LogP contribution < -0.4 is 10.6 Å². The van der Waals surface area contributed by atoms with Gasteiger partial charge in [-0.3, -0.25) is 14.4 Å². The summed E-state index contributed by atoms with van der Waals surface area (Å²) in [7, 11) is 0. The van der Waals surface area contributed by atoms with Gasteiger partial charge in [-0.25, -0.2) is 0 Å². The average molecular weight is 359 g/mol. The zero-order valence-corrected chi connectivity index (χ0v) is 16.1. The first kappa shape index (κ1) is 19.9. The monoisotopic (exact) mass is 359 g/mol. The summed E-state index contributed by atoms with van der Waals surface area (Å²) in [6.07, 6.45) is 1.55. The van der Waals surface area contributed by atoms with Gasteiger partial charge in [0.2, 0.25) is 17.7 Å². The molecule has 2 rings (SSSR count). The Labute approximate surface area is 155 Å². The predicted octanol–water partition coefficient (Wildman–Crippen LogP) is 2.25. The van der Waals surface area contributed by atoms with E-state index in [9.17, 15) is 14.4 Å². The number of rotatable bonds is 5. The third kappa shape index (κ3) is 5.07. The van der Waals surface area contributed by atoms with E-state index in [1.807, 2.05) is 45.9 Å². The molecule has 1 heterocycles. The van der Waals surface area contributed by atoms with Crippen LogP contribution >= 0.6 is 0 Å². The molecule has 1 aromatic carbocycles. The fourth-order valence-electron chi connectivity index (χ4n) is 3.15. The van der Waals surface area contributed by atoms with Gasteiger partial charge in [0.05, 0.1) is 12.5 Å². The minimum Gasteiger partial charge on any atom is -0.347 e. The van der Waals surface area contributed by atoms with E-state index in [4.69, 9.17) is 0 Å². The molecule has 1 saturated heterocycles. The van der Waals surface area contributed by atoms with Gasteiger partial charge in [-0.1, -0.05) is 26.0 Å². The van der Waals surface area contributed by atoms with E-state index in [0.29, 0.717) is 13.1 Å². The standard InChI is InChI=1S/C20H29N3O3/c1-13(2)20(26)23-10-6-8-16(12-23)19(25)21-11-18(24)22-17-9-5-7-14(3)15(17)4/h5,7,9,13,16H,6,8,10-12H2,1-4H3,(H,21,25)(H,22,24)/t16-/m1/s1. The quantitative estimate of drug-likeness (QED) is 0.846. The highest BCUT2D eigenvalue weighted by Crippen LogP contribution is 2.19. The second kappa shape index (κ2) is 8.83. The van der Waals surface area contributed by atoms with Crippen molar-refractivity contribution in [2.75, 3.05) is 25.0 Å². The van der Waals surface area contributed by atoms with E-state index in [-0.39, 0.29) is 36.1 Å². The molecule has 26 heavy (non-hydrogen) atoms. The smallest absolute Gasteiger partial charge is 0.243 e. The molecule has 3 amide bonds. The molecule has 1 aliphatic rings. The Morgan fingerprint density at radius 3 is 2.65 bits per heavy atom. The molecule has 0 unspecified atom stereocenters. The lowest BCUT2D eigenvalue weighted by Crippen LogP contribution is -2.47. The van der Waals surface area contributed by atoms with Gasteiger partial charge >= 0.3 is 0 Å². The largest absolute Gasteiger partial charge is 0.347 e. The number of carbonyl (C=O) groups is 3. The van der Waals surface area contributed by atoms with Crippen molar-refractivity contribution < 1.29 is 14.4 Å². The maximum atomic E-state index is 12.4. The summed E-state index contributed by atoms with van der Waals surface area (Å²) in [5.41, 5.74) is 2.88. The number of aryl methyl sites for hydroxylation is 1. The normalized spacial score (nSPS) is 17.1. The number of piperidine rings is 1. The maximum Gasteiger partial charge on any atom is 0.243 e. The third-order valence-corrected chi connectivity index (χ3v) is 4.90. The molecule has 1 fully saturated rings. The first-order valence-electron chi connectivity index (χ1n) is 9.22. The van der Waals surface area contributed by atoms with Crippen molar-refractivity contribution in [2.45, 2.75) is 40.5 Å². The molecule has 2 N–H and O–H groups in total. The number of likely N-dealkylation sites (tertiary alicyclic amines) is 1. The second-order valence-corrected chi connectivity index (χ2v) is 7.29. The summed E-state index contributed by atoms with van der Waals surface area (Å²) in [6, 6.07) is 5.72. The molecule has 0 radical (unpaired) electrons. The number of hydrogen-bond donors (Lipinski definition) is 2. The summed E-state index contributed by atoms with van der Waals surface area (Å²) >= 11 is 0. The molecular formula is C20H29N3O3. The fourth-order valence-corrected chi connectivity index (χ4v) is 3.15. The molecule has 0 bridgehead atoms. The van der Waals surface area contributed by atoms with Gasteiger partial charge in [0.15, 0.2) is 0 Å². The summed E-state index contributed by atoms with van der Waals surface area (Å²) in [4.78, 5) is 38.4. The highest BCUT2D eigenvalue weighted by Gasteiger charge is 2.29. The first-order valence-corrected chi connectivity index (χ1v) is 9.22. The minimum atomic E-state index is -0.252. The lowest BCUT2D eigenvalue weighted by atomic mass is 9.96. The van der Waals surface area contributed by atoms with Crippen molar-refractivity contribution in [1.29, 1.82) is 0 Å². The van der Waals surface area contributed by atoms with Crippen LogP contribution in [-0.4, -0.2) is 42.3 Å². The van der Waals surface area contributed by atoms with Crippen LogP contribution in [0, 0.1) is 25.7 Å². The molecule has 6 heteroatoms. The molecule has 1 atom stereocenters. The van der Waals surface area contributed by atoms with Crippen molar-refractivity contribution in [3.63, 3.8) is 0 Å². The Morgan fingerprint density at radius 1 is 1.23 bits per heavy atom. The highest BCUT2D eigenvalue weighted by atomic mass is 16.2. The zero-order valence-electron chi connectivity index (χ0n) is 16.1. The van der Waals surface area contributed by atoms with Crippen LogP contribution in [0.15, 0.2) is 18.2 Å². The minimum absolute atomic E-state index is 0.0686. The van der Waals surface area contributed by atoms with Crippen molar-refractivity contribution in [3.05, 3.63) is 29.3 Å². The Morgan fingerprint density at radius 2 is 1.96 bits per heavy atom. The Balaban J connectivity index is 1.85. The zero-order chi connectivity index (χ0) is 19.3. The first-order chi connectivity index (χ1) is 12.3. The molecule has 0 spiro atoms. The van der Waals surface area contributed by atoms with Gasteiger partial charge in [0.25, 0.3) is 0 Å². The molecule has 0 saturated carbocycles. The van der Waals surface area contributed by atoms with Gasteiger partial charge in [0, 0.05) is 24.7 Å². The third-order valence-electron chi connectivity index (χ3n) is 4.90. The number of nitrogens with one attached hydrogen (secondary N) is 2. The van der Waals surface area contributed by atoms with E-state index in [1.54, 1.807) is 4.90 Å². The van der Waals surface area contributed by atoms with Crippen LogP contribution in [0.4, 0.5) is 5.69 Å². The maximum absolute atomic E-state index is 12.4. The van der Waals surface area contributed by atoms with E-state index in [2.05, 4.69) is 10.6 Å². The van der Waals surface area contributed by atoms with Crippen LogP contribution in [0.3, 0.4) is 0 Å². The predicted molar refractivity (Wildman–Crippen MR) is 102 cm³/mol. The average Bonchev–Trinajstić information content (AvgIpc) is 2.63. The molecule has 1 aliphatic heterocycles. The second-order valence-electron chi connectivity index (χ2n) is 7.29. The van der Waals surface area contributed by atoms with Crippen molar-refractivity contribution >= 4 is 23.4 Å². The van der Waals surface area contributed by atoms with Crippen LogP contribution in [0.25, 0.3) is 0 Å². The SMILES string of the molecule is Cc1cccc(NC(=O)CNC(=O)[C@@H]2CCCN(C(=O)C(C)C)C2)c1C. The van der Waals surface area contributed by atoms with Gasteiger partial charge in [0.1, 0.15) is 0 Å². The molecule has 6 nitrogen and oxygen atoms in total. The molecule has 0 aliphatic carbocycles. The topological polar surface area (TPSA) is 78.5 Å². The Bertz CT molecular complexity index is 685. The van der Waals surface area contributed by atoms with Crippen LogP contribution in [0.5, 0.6) is 0 Å². The number of anilines is 1. The van der Waals surface area contributed by atoms with Gasteiger partial charge in [-0.05, 0) is 43.9 Å². The van der Waals surface area contributed by atoms with Gasteiger partial charge in [-0.15, -0.1) is 0 Å². The number of hydrogen-bond acceptors (Lipinski definition) is 3. The number of benzene rings is 1. The van der Waals surface area contributed by atoms with Crippen molar-refractivity contribution in [1.82, 2.24) is 10.2 Å². The van der Waals surface area contributed by atoms with E-state index >= 15 is 0 Å². The van der Waals surface area contributed by atoms with Crippen molar-refractivity contribution in [3.8, 4) is 0 Å². The highest BCUT2D eigenvalue weighted by molar-refractivity contribution is 5.95. The molecule has 0 aromatic heterocycles. The van der Waals surface area contributed by atoms with E-state index in [0.717, 1.165) is 29.7 Å². The van der Waals surface area contributed by atoms with Gasteiger partial charge < -0.3 is 15.5 Å². The number of amides is 3. The van der Waals surface area contributed by atoms with E-state index < -0.39 is 0 Å². The Hall–Kier alpha value is -2.37. The fraction of sp³-hybridized carbons (Fsp3) is 0.550. The molecule has 142 valence electrons. The Kier molecular flexibility index (Phi) is 6.77. The molecule has 1 aromatic rings. The van der Waals surface area contributed by atoms with Crippen molar-refractivity contribution in [2.24, 2.45) is 11.8 Å². The van der Waals surface area contributed by atoms with Gasteiger partial charge in [-0.2, -0.15) is 0 Å². The van der Waals surface area contributed by atoms with Crippen LogP contribution in [0.1, 0.15) is 37.8 Å². The van der Waals surface area contributed by atoms with Crippen LogP contribution in [0.2, 0.25) is 0 Å². The number of nitrogens with zero attached hydrogens (tertiary/aromatic N) is 1. The summed E-state index contributed by atoms with van der Waals surface area (Å²) in [6.45, 7) is 8.73. The van der Waals surface area contributed by atoms with Crippen LogP contribution in [-0.2, 0) is 14.4 Å². The van der Waals surface area contributed by atoms with E-state index in [1.165, 1.54) is 0 Å². The summed E-state index contributed by atoms with van der Waals surface area (Å²) < 4.78 is 0. The lowest BCUT2D eigenvalue weighted by Gasteiger charge is -2.33. The lowest BCUT2D eigenvalue weighted by molar-refractivity contribution is -0.138. The number of carbonyl (C=O) groups excluding carboxylic acids is 3. The molecular weight excluding hydrogens is 330 g/mol. The summed E-state index contributed by atoms with van der Waals surface area (Å²) in [5.74, 6) is -0.657.